The Balaban J connectivity index is 2.46. The van der Waals surface area contributed by atoms with Crippen molar-refractivity contribution in [1.82, 2.24) is 0 Å². The van der Waals surface area contributed by atoms with Crippen LogP contribution in [0.4, 0.5) is 4.39 Å². The fourth-order valence-electron chi connectivity index (χ4n) is 1.25. The molecule has 0 unspecified atom stereocenters. The maximum absolute atomic E-state index is 13.2. The fraction of sp³-hybridized carbons (Fsp3) is 0.222. The van der Waals surface area contributed by atoms with Gasteiger partial charge in [-0.05, 0) is 12.1 Å². The molecule has 0 amide bonds. The minimum atomic E-state index is -0.600. The monoisotopic (exact) mass is 197 g/mol. The molecular formula is C9H8FNO3. The molecule has 0 bridgehead atoms. The number of halogens is 1. The van der Waals surface area contributed by atoms with E-state index in [9.17, 15) is 9.18 Å². The summed E-state index contributed by atoms with van der Waals surface area (Å²) in [6, 6.07) is 2.53. The molecule has 0 spiro atoms. The molecule has 1 heterocycles. The maximum atomic E-state index is 13.2. The SMILES string of the molecule is NCC(=O)c1cc(F)c2c(c1)OCO2. The van der Waals surface area contributed by atoms with E-state index < -0.39 is 5.82 Å². The average Bonchev–Trinajstić information content (AvgIpc) is 2.64. The van der Waals surface area contributed by atoms with Crippen molar-refractivity contribution in [2.75, 3.05) is 13.3 Å². The van der Waals surface area contributed by atoms with Gasteiger partial charge in [-0.25, -0.2) is 4.39 Å². The van der Waals surface area contributed by atoms with E-state index >= 15 is 0 Å². The van der Waals surface area contributed by atoms with Crippen molar-refractivity contribution in [3.05, 3.63) is 23.5 Å². The largest absolute Gasteiger partial charge is 0.453 e. The number of ether oxygens (including phenoxy) is 2. The average molecular weight is 197 g/mol. The van der Waals surface area contributed by atoms with Gasteiger partial charge in [-0.3, -0.25) is 4.79 Å². The quantitative estimate of drug-likeness (QED) is 0.709. The van der Waals surface area contributed by atoms with E-state index in [2.05, 4.69) is 0 Å². The third-order valence-electron chi connectivity index (χ3n) is 1.93. The Morgan fingerprint density at radius 1 is 1.50 bits per heavy atom. The molecule has 2 rings (SSSR count). The van der Waals surface area contributed by atoms with Crippen LogP contribution in [0.3, 0.4) is 0 Å². The van der Waals surface area contributed by atoms with Crippen molar-refractivity contribution in [3.8, 4) is 11.5 Å². The van der Waals surface area contributed by atoms with Crippen LogP contribution in [0.2, 0.25) is 0 Å². The van der Waals surface area contributed by atoms with Gasteiger partial charge in [0, 0.05) is 5.56 Å². The van der Waals surface area contributed by atoms with Gasteiger partial charge in [-0.1, -0.05) is 0 Å². The van der Waals surface area contributed by atoms with Crippen LogP contribution in [0, 0.1) is 5.82 Å². The molecule has 0 radical (unpaired) electrons. The van der Waals surface area contributed by atoms with E-state index in [1.807, 2.05) is 0 Å². The van der Waals surface area contributed by atoms with Gasteiger partial charge < -0.3 is 15.2 Å². The summed E-state index contributed by atoms with van der Waals surface area (Å²) in [6.45, 7) is -0.175. The van der Waals surface area contributed by atoms with Crippen molar-refractivity contribution < 1.29 is 18.7 Å². The third-order valence-corrected chi connectivity index (χ3v) is 1.93. The molecule has 0 saturated carbocycles. The van der Waals surface area contributed by atoms with Gasteiger partial charge in [0.1, 0.15) is 0 Å². The van der Waals surface area contributed by atoms with Gasteiger partial charge in [0.2, 0.25) is 12.5 Å². The highest BCUT2D eigenvalue weighted by molar-refractivity contribution is 5.98. The van der Waals surface area contributed by atoms with E-state index in [0.717, 1.165) is 6.07 Å². The molecule has 0 atom stereocenters. The number of carbonyl (C=O) groups excluding carboxylic acids is 1. The molecule has 14 heavy (non-hydrogen) atoms. The van der Waals surface area contributed by atoms with E-state index in [-0.39, 0.29) is 36.2 Å². The van der Waals surface area contributed by atoms with Crippen molar-refractivity contribution in [1.29, 1.82) is 0 Å². The zero-order valence-corrected chi connectivity index (χ0v) is 7.25. The van der Waals surface area contributed by atoms with Crippen LogP contribution < -0.4 is 15.2 Å². The molecule has 1 aromatic rings. The van der Waals surface area contributed by atoms with Gasteiger partial charge in [0.25, 0.3) is 0 Å². The predicted molar refractivity (Wildman–Crippen MR) is 45.9 cm³/mol. The van der Waals surface area contributed by atoms with Crippen LogP contribution >= 0.6 is 0 Å². The van der Waals surface area contributed by atoms with E-state index in [1.54, 1.807) is 0 Å². The normalized spacial score (nSPS) is 13.0. The Labute approximate surface area is 79.4 Å². The summed E-state index contributed by atoms with van der Waals surface area (Å²) < 4.78 is 23.1. The molecule has 2 N–H and O–H groups in total. The Morgan fingerprint density at radius 3 is 3.00 bits per heavy atom. The summed E-state index contributed by atoms with van der Waals surface area (Å²) in [7, 11) is 0. The van der Waals surface area contributed by atoms with E-state index in [1.165, 1.54) is 6.07 Å². The summed E-state index contributed by atoms with van der Waals surface area (Å²) in [6.07, 6.45) is 0. The van der Waals surface area contributed by atoms with Crippen molar-refractivity contribution >= 4 is 5.78 Å². The number of carbonyl (C=O) groups is 1. The number of hydrogen-bond acceptors (Lipinski definition) is 4. The zero-order chi connectivity index (χ0) is 10.1. The highest BCUT2D eigenvalue weighted by atomic mass is 19.1. The lowest BCUT2D eigenvalue weighted by Crippen LogP contribution is -2.13. The Morgan fingerprint density at radius 2 is 2.29 bits per heavy atom. The van der Waals surface area contributed by atoms with Crippen LogP contribution in [0.25, 0.3) is 0 Å². The van der Waals surface area contributed by atoms with Gasteiger partial charge in [-0.2, -0.15) is 0 Å². The van der Waals surface area contributed by atoms with Gasteiger partial charge in [0.15, 0.2) is 17.3 Å². The van der Waals surface area contributed by atoms with Gasteiger partial charge in [-0.15, -0.1) is 0 Å². The lowest BCUT2D eigenvalue weighted by molar-refractivity contribution is 0.100. The number of hydrogen-bond donors (Lipinski definition) is 1. The molecule has 5 heteroatoms. The number of Topliss-reactive ketones (excluding diaryl/α,β-unsaturated/α-hetero) is 1. The Bertz CT molecular complexity index is 392. The molecule has 0 fully saturated rings. The second-order valence-electron chi connectivity index (χ2n) is 2.82. The first-order chi connectivity index (χ1) is 6.72. The Hall–Kier alpha value is -1.62. The number of ketones is 1. The number of fused-ring (bicyclic) bond motifs is 1. The summed E-state index contributed by atoms with van der Waals surface area (Å²) in [5, 5.41) is 0. The minimum Gasteiger partial charge on any atom is -0.453 e. The van der Waals surface area contributed by atoms with Crippen molar-refractivity contribution in [2.24, 2.45) is 5.73 Å². The highest BCUT2D eigenvalue weighted by Gasteiger charge is 2.21. The molecule has 1 aliphatic rings. The molecule has 74 valence electrons. The fourth-order valence-corrected chi connectivity index (χ4v) is 1.25. The highest BCUT2D eigenvalue weighted by Crippen LogP contribution is 2.35. The van der Waals surface area contributed by atoms with Crippen molar-refractivity contribution in [3.63, 3.8) is 0 Å². The smallest absolute Gasteiger partial charge is 0.231 e. The summed E-state index contributed by atoms with van der Waals surface area (Å²) in [5.41, 5.74) is 5.36. The maximum Gasteiger partial charge on any atom is 0.231 e. The molecule has 1 aromatic carbocycles. The lowest BCUT2D eigenvalue weighted by Gasteiger charge is -2.01. The number of benzene rings is 1. The first-order valence-corrected chi connectivity index (χ1v) is 4.05. The minimum absolute atomic E-state index is 0.0213. The summed E-state index contributed by atoms with van der Waals surface area (Å²) in [4.78, 5) is 11.2. The van der Waals surface area contributed by atoms with Crippen LogP contribution in [0.1, 0.15) is 10.4 Å². The molecule has 0 aliphatic carbocycles. The second-order valence-corrected chi connectivity index (χ2v) is 2.82. The first kappa shape index (κ1) is 8.96. The predicted octanol–water partition coefficient (Wildman–Crippen LogP) is 0.696. The van der Waals surface area contributed by atoms with Crippen LogP contribution in [0.15, 0.2) is 12.1 Å². The number of rotatable bonds is 2. The standard InChI is InChI=1S/C9H8FNO3/c10-6-1-5(7(12)3-11)2-8-9(6)14-4-13-8/h1-2H,3-4,11H2. The van der Waals surface area contributed by atoms with Gasteiger partial charge >= 0.3 is 0 Å². The molecular weight excluding hydrogens is 189 g/mol. The van der Waals surface area contributed by atoms with Crippen molar-refractivity contribution in [2.45, 2.75) is 0 Å². The zero-order valence-electron chi connectivity index (χ0n) is 7.25. The molecule has 1 aliphatic heterocycles. The second kappa shape index (κ2) is 3.26. The first-order valence-electron chi connectivity index (χ1n) is 4.05. The van der Waals surface area contributed by atoms with Crippen LogP contribution in [-0.4, -0.2) is 19.1 Å². The van der Waals surface area contributed by atoms with Gasteiger partial charge in [0.05, 0.1) is 6.54 Å². The molecule has 0 aromatic heterocycles. The lowest BCUT2D eigenvalue weighted by atomic mass is 10.1. The number of nitrogens with two attached hydrogens (primary N) is 1. The summed E-state index contributed by atoms with van der Waals surface area (Å²) >= 11 is 0. The molecule has 0 saturated heterocycles. The third kappa shape index (κ3) is 1.31. The topological polar surface area (TPSA) is 61.6 Å². The molecule has 4 nitrogen and oxygen atoms in total. The van der Waals surface area contributed by atoms with Crippen LogP contribution in [-0.2, 0) is 0 Å². The summed E-state index contributed by atoms with van der Waals surface area (Å²) in [5.74, 6) is -0.626. The van der Waals surface area contributed by atoms with E-state index in [0.29, 0.717) is 0 Å². The van der Waals surface area contributed by atoms with E-state index in [4.69, 9.17) is 15.2 Å². The van der Waals surface area contributed by atoms with Crippen LogP contribution in [0.5, 0.6) is 11.5 Å². The Kier molecular flexibility index (Phi) is 2.09.